The fourth-order valence-corrected chi connectivity index (χ4v) is 2.86. The zero-order chi connectivity index (χ0) is 17.6. The largest absolute Gasteiger partial charge is 0.496 e. The van der Waals surface area contributed by atoms with Gasteiger partial charge in [-0.05, 0) is 12.1 Å². The summed E-state index contributed by atoms with van der Waals surface area (Å²) in [4.78, 5) is 14.5. The van der Waals surface area contributed by atoms with Crippen LogP contribution < -0.4 is 10.1 Å². The van der Waals surface area contributed by atoms with Crippen LogP contribution >= 0.6 is 0 Å². The number of morpholine rings is 1. The Morgan fingerprint density at radius 1 is 1.32 bits per heavy atom. The number of benzene rings is 1. The lowest BCUT2D eigenvalue weighted by Gasteiger charge is -2.26. The van der Waals surface area contributed by atoms with E-state index < -0.39 is 0 Å². The zero-order valence-electron chi connectivity index (χ0n) is 14.7. The number of hydrogen-bond acceptors (Lipinski definition) is 5. The second kappa shape index (κ2) is 8.13. The second-order valence-corrected chi connectivity index (χ2v) is 5.99. The molecule has 25 heavy (non-hydrogen) atoms. The van der Waals surface area contributed by atoms with Gasteiger partial charge in [-0.2, -0.15) is 5.10 Å². The van der Waals surface area contributed by atoms with Crippen LogP contribution in [0.3, 0.4) is 0 Å². The predicted molar refractivity (Wildman–Crippen MR) is 95.7 cm³/mol. The molecule has 1 aliphatic rings. The standard InChI is InChI=1S/C18H24N4O3/c1-21-17(19-18(23)7-8-22-9-11-25-12-10-22)13-15(20-21)14-5-3-4-6-16(14)24-2/h3-6,13H,7-12H2,1-2H3,(H,19,23). The minimum absolute atomic E-state index is 0.0129. The Balaban J connectivity index is 1.63. The van der Waals surface area contributed by atoms with Crippen molar-refractivity contribution in [1.82, 2.24) is 14.7 Å². The first-order valence-corrected chi connectivity index (χ1v) is 8.45. The molecular formula is C18H24N4O3. The van der Waals surface area contributed by atoms with Gasteiger partial charge < -0.3 is 14.8 Å². The number of aromatic nitrogens is 2. The van der Waals surface area contributed by atoms with Gasteiger partial charge in [-0.15, -0.1) is 0 Å². The molecular weight excluding hydrogens is 320 g/mol. The SMILES string of the molecule is COc1ccccc1-c1cc(NC(=O)CCN2CCOCC2)n(C)n1. The first kappa shape index (κ1) is 17.4. The lowest BCUT2D eigenvalue weighted by molar-refractivity contribution is -0.116. The van der Waals surface area contributed by atoms with Crippen molar-refractivity contribution in [1.29, 1.82) is 0 Å². The molecule has 1 aromatic heterocycles. The van der Waals surface area contributed by atoms with Crippen LogP contribution in [0.2, 0.25) is 0 Å². The highest BCUT2D eigenvalue weighted by molar-refractivity contribution is 5.90. The predicted octanol–water partition coefficient (Wildman–Crippen LogP) is 1.76. The van der Waals surface area contributed by atoms with Gasteiger partial charge in [0.05, 0.1) is 26.0 Å². The molecule has 0 bridgehead atoms. The minimum atomic E-state index is -0.0129. The number of methoxy groups -OCH3 is 1. The van der Waals surface area contributed by atoms with Crippen LogP contribution in [0.4, 0.5) is 5.82 Å². The maximum Gasteiger partial charge on any atom is 0.226 e. The Hall–Kier alpha value is -2.38. The summed E-state index contributed by atoms with van der Waals surface area (Å²) in [6, 6.07) is 9.56. The van der Waals surface area contributed by atoms with E-state index in [2.05, 4.69) is 15.3 Å². The van der Waals surface area contributed by atoms with Gasteiger partial charge >= 0.3 is 0 Å². The molecule has 1 N–H and O–H groups in total. The molecule has 1 fully saturated rings. The molecule has 134 valence electrons. The van der Waals surface area contributed by atoms with Crippen LogP contribution in [0, 0.1) is 0 Å². The molecule has 0 unspecified atom stereocenters. The molecule has 0 radical (unpaired) electrons. The summed E-state index contributed by atoms with van der Waals surface area (Å²) in [5.41, 5.74) is 1.66. The van der Waals surface area contributed by atoms with E-state index >= 15 is 0 Å². The summed E-state index contributed by atoms with van der Waals surface area (Å²) in [5.74, 6) is 1.42. The molecule has 0 atom stereocenters. The molecule has 7 heteroatoms. The number of aryl methyl sites for hydroxylation is 1. The molecule has 1 aliphatic heterocycles. The van der Waals surface area contributed by atoms with Gasteiger partial charge in [0, 0.05) is 44.7 Å². The van der Waals surface area contributed by atoms with Crippen LogP contribution in [-0.4, -0.2) is 60.5 Å². The summed E-state index contributed by atoms with van der Waals surface area (Å²) in [5, 5.41) is 7.43. The van der Waals surface area contributed by atoms with Crippen molar-refractivity contribution < 1.29 is 14.3 Å². The highest BCUT2D eigenvalue weighted by atomic mass is 16.5. The van der Waals surface area contributed by atoms with Crippen molar-refractivity contribution in [3.05, 3.63) is 30.3 Å². The first-order valence-electron chi connectivity index (χ1n) is 8.45. The van der Waals surface area contributed by atoms with Crippen molar-refractivity contribution >= 4 is 11.7 Å². The molecule has 3 rings (SSSR count). The molecule has 1 amide bonds. The summed E-state index contributed by atoms with van der Waals surface area (Å²) >= 11 is 0. The molecule has 7 nitrogen and oxygen atoms in total. The van der Waals surface area contributed by atoms with Crippen molar-refractivity contribution in [2.75, 3.05) is 45.3 Å². The smallest absolute Gasteiger partial charge is 0.226 e. The quantitative estimate of drug-likeness (QED) is 0.865. The number of ether oxygens (including phenoxy) is 2. The number of nitrogens with one attached hydrogen (secondary N) is 1. The topological polar surface area (TPSA) is 68.6 Å². The molecule has 0 spiro atoms. The number of hydrogen-bond donors (Lipinski definition) is 1. The second-order valence-electron chi connectivity index (χ2n) is 5.99. The van der Waals surface area contributed by atoms with Crippen LogP contribution in [-0.2, 0) is 16.6 Å². The van der Waals surface area contributed by atoms with Crippen LogP contribution in [0.1, 0.15) is 6.42 Å². The van der Waals surface area contributed by atoms with Crippen molar-refractivity contribution in [3.63, 3.8) is 0 Å². The van der Waals surface area contributed by atoms with E-state index in [1.165, 1.54) is 0 Å². The fourth-order valence-electron chi connectivity index (χ4n) is 2.86. The average molecular weight is 344 g/mol. The zero-order valence-corrected chi connectivity index (χ0v) is 14.7. The fraction of sp³-hybridized carbons (Fsp3) is 0.444. The highest BCUT2D eigenvalue weighted by Gasteiger charge is 2.15. The van der Waals surface area contributed by atoms with Gasteiger partial charge in [0.2, 0.25) is 5.91 Å². The molecule has 0 saturated carbocycles. The van der Waals surface area contributed by atoms with Gasteiger partial charge in [0.15, 0.2) is 0 Å². The third-order valence-corrected chi connectivity index (χ3v) is 4.29. The number of anilines is 1. The van der Waals surface area contributed by atoms with E-state index in [0.29, 0.717) is 12.2 Å². The highest BCUT2D eigenvalue weighted by Crippen LogP contribution is 2.30. The van der Waals surface area contributed by atoms with E-state index in [-0.39, 0.29) is 5.91 Å². The molecule has 1 saturated heterocycles. The molecule has 2 heterocycles. The average Bonchev–Trinajstić information content (AvgIpc) is 3.01. The van der Waals surface area contributed by atoms with Gasteiger partial charge in [0.25, 0.3) is 0 Å². The number of carbonyl (C=O) groups is 1. The Kier molecular flexibility index (Phi) is 5.67. The Morgan fingerprint density at radius 3 is 2.84 bits per heavy atom. The lowest BCUT2D eigenvalue weighted by Crippen LogP contribution is -2.38. The van der Waals surface area contributed by atoms with Gasteiger partial charge in [-0.3, -0.25) is 14.4 Å². The van der Waals surface area contributed by atoms with Gasteiger partial charge in [-0.25, -0.2) is 0 Å². The Bertz CT molecular complexity index is 723. The normalized spacial score (nSPS) is 15.1. The number of nitrogens with zero attached hydrogens (tertiary/aromatic N) is 3. The summed E-state index contributed by atoms with van der Waals surface area (Å²) in [6.45, 7) is 4.00. The molecule has 1 aromatic carbocycles. The van der Waals surface area contributed by atoms with Crippen molar-refractivity contribution in [2.24, 2.45) is 7.05 Å². The number of rotatable bonds is 6. The van der Waals surface area contributed by atoms with Crippen molar-refractivity contribution in [3.8, 4) is 17.0 Å². The third-order valence-electron chi connectivity index (χ3n) is 4.29. The van der Waals surface area contributed by atoms with Crippen LogP contribution in [0.25, 0.3) is 11.3 Å². The van der Waals surface area contributed by atoms with E-state index in [4.69, 9.17) is 9.47 Å². The summed E-state index contributed by atoms with van der Waals surface area (Å²) < 4.78 is 12.4. The van der Waals surface area contributed by atoms with E-state index in [0.717, 1.165) is 49.9 Å². The van der Waals surface area contributed by atoms with Crippen LogP contribution in [0.15, 0.2) is 30.3 Å². The monoisotopic (exact) mass is 344 g/mol. The Labute approximate surface area is 147 Å². The molecule has 0 aliphatic carbocycles. The minimum Gasteiger partial charge on any atom is -0.496 e. The van der Waals surface area contributed by atoms with Crippen molar-refractivity contribution in [2.45, 2.75) is 6.42 Å². The maximum absolute atomic E-state index is 12.2. The maximum atomic E-state index is 12.2. The van der Waals surface area contributed by atoms with E-state index in [9.17, 15) is 4.79 Å². The van der Waals surface area contributed by atoms with Gasteiger partial charge in [-0.1, -0.05) is 12.1 Å². The third kappa shape index (κ3) is 4.37. The number of carbonyl (C=O) groups excluding carboxylic acids is 1. The lowest BCUT2D eigenvalue weighted by atomic mass is 10.1. The van der Waals surface area contributed by atoms with E-state index in [1.54, 1.807) is 11.8 Å². The van der Waals surface area contributed by atoms with Crippen LogP contribution in [0.5, 0.6) is 5.75 Å². The Morgan fingerprint density at radius 2 is 2.08 bits per heavy atom. The number of amides is 1. The van der Waals surface area contributed by atoms with E-state index in [1.807, 2.05) is 37.4 Å². The number of para-hydroxylation sites is 1. The first-order chi connectivity index (χ1) is 12.2. The molecule has 2 aromatic rings. The summed E-state index contributed by atoms with van der Waals surface area (Å²) in [6.07, 6.45) is 0.454. The summed E-state index contributed by atoms with van der Waals surface area (Å²) in [7, 11) is 3.45. The van der Waals surface area contributed by atoms with Gasteiger partial charge in [0.1, 0.15) is 11.6 Å².